The minimum atomic E-state index is -0.487. The molecule has 0 aliphatic rings. The summed E-state index contributed by atoms with van der Waals surface area (Å²) in [4.78, 5) is 0. The predicted molar refractivity (Wildman–Crippen MR) is 53.1 cm³/mol. The van der Waals surface area contributed by atoms with Gasteiger partial charge in [0, 0.05) is 11.4 Å². The smallest absolute Gasteiger partial charge is 0.130 e. The first-order valence-corrected chi connectivity index (χ1v) is 5.22. The normalized spacial score (nSPS) is 10.9. The number of benzene rings is 1. The molecular formula is C10H11BrF2. The van der Waals surface area contributed by atoms with Crippen molar-refractivity contribution in [2.75, 3.05) is 0 Å². The van der Waals surface area contributed by atoms with Crippen molar-refractivity contribution in [1.82, 2.24) is 0 Å². The summed E-state index contributed by atoms with van der Waals surface area (Å²) in [5.41, 5.74) is 1.07. The van der Waals surface area contributed by atoms with E-state index in [-0.39, 0.29) is 5.92 Å². The van der Waals surface area contributed by atoms with Crippen molar-refractivity contribution >= 4 is 15.9 Å². The lowest BCUT2D eigenvalue weighted by atomic mass is 10.0. The third kappa shape index (κ3) is 2.27. The van der Waals surface area contributed by atoms with E-state index < -0.39 is 11.6 Å². The van der Waals surface area contributed by atoms with E-state index in [9.17, 15) is 8.78 Å². The fourth-order valence-corrected chi connectivity index (χ4v) is 1.59. The summed E-state index contributed by atoms with van der Waals surface area (Å²) in [5.74, 6) is -0.866. The molecular weight excluding hydrogens is 238 g/mol. The highest BCUT2D eigenvalue weighted by Gasteiger charge is 2.11. The van der Waals surface area contributed by atoms with Crippen LogP contribution in [0.2, 0.25) is 0 Å². The van der Waals surface area contributed by atoms with E-state index in [0.29, 0.717) is 16.5 Å². The number of hydrogen-bond donors (Lipinski definition) is 0. The monoisotopic (exact) mass is 248 g/mol. The molecule has 0 unspecified atom stereocenters. The van der Waals surface area contributed by atoms with Gasteiger partial charge in [0.25, 0.3) is 0 Å². The van der Waals surface area contributed by atoms with Crippen molar-refractivity contribution in [3.63, 3.8) is 0 Å². The lowest BCUT2D eigenvalue weighted by molar-refractivity contribution is 0.559. The largest absolute Gasteiger partial charge is 0.207 e. The van der Waals surface area contributed by atoms with Gasteiger partial charge < -0.3 is 0 Å². The van der Waals surface area contributed by atoms with Crippen LogP contribution >= 0.6 is 15.9 Å². The summed E-state index contributed by atoms with van der Waals surface area (Å²) in [7, 11) is 0. The first kappa shape index (κ1) is 10.6. The molecule has 3 heteroatoms. The van der Waals surface area contributed by atoms with E-state index in [0.717, 1.165) is 6.07 Å². The van der Waals surface area contributed by atoms with Crippen molar-refractivity contribution in [3.8, 4) is 0 Å². The van der Waals surface area contributed by atoms with Gasteiger partial charge >= 0.3 is 0 Å². The van der Waals surface area contributed by atoms with Crippen molar-refractivity contribution in [2.24, 2.45) is 0 Å². The van der Waals surface area contributed by atoms with Gasteiger partial charge in [0.1, 0.15) is 11.6 Å². The maximum Gasteiger partial charge on any atom is 0.130 e. The van der Waals surface area contributed by atoms with Crippen LogP contribution in [0.4, 0.5) is 8.78 Å². The van der Waals surface area contributed by atoms with E-state index in [1.807, 2.05) is 13.8 Å². The molecule has 0 amide bonds. The Balaban J connectivity index is 3.22. The molecule has 13 heavy (non-hydrogen) atoms. The number of alkyl halides is 1. The standard InChI is InChI=1S/C10H11BrF2/c1-6(2)8-3-7(5-11)9(12)4-10(8)13/h3-4,6H,5H2,1-2H3. The summed E-state index contributed by atoms with van der Waals surface area (Å²) >= 11 is 3.15. The summed E-state index contributed by atoms with van der Waals surface area (Å²) in [6.07, 6.45) is 0. The second kappa shape index (κ2) is 4.18. The molecule has 1 aromatic carbocycles. The predicted octanol–water partition coefficient (Wildman–Crippen LogP) is 3.98. The van der Waals surface area contributed by atoms with Crippen molar-refractivity contribution in [1.29, 1.82) is 0 Å². The van der Waals surface area contributed by atoms with Gasteiger partial charge in [-0.25, -0.2) is 8.78 Å². The fourth-order valence-electron chi connectivity index (χ4n) is 1.16. The molecule has 0 saturated heterocycles. The summed E-state index contributed by atoms with van der Waals surface area (Å²) in [5, 5.41) is 0.416. The molecule has 0 N–H and O–H groups in total. The lowest BCUT2D eigenvalue weighted by Crippen LogP contribution is -1.97. The lowest BCUT2D eigenvalue weighted by Gasteiger charge is -2.09. The van der Waals surface area contributed by atoms with Gasteiger partial charge in [0.15, 0.2) is 0 Å². The fraction of sp³-hybridized carbons (Fsp3) is 0.400. The number of hydrogen-bond acceptors (Lipinski definition) is 0. The maximum atomic E-state index is 13.2. The van der Waals surface area contributed by atoms with Crippen LogP contribution in [0.25, 0.3) is 0 Å². The van der Waals surface area contributed by atoms with E-state index in [1.165, 1.54) is 0 Å². The molecule has 0 heterocycles. The summed E-state index contributed by atoms with van der Waals surface area (Å²) in [6.45, 7) is 3.77. The van der Waals surface area contributed by atoms with E-state index in [2.05, 4.69) is 15.9 Å². The summed E-state index contributed by atoms with van der Waals surface area (Å²) in [6, 6.07) is 2.52. The van der Waals surface area contributed by atoms with Gasteiger partial charge in [-0.15, -0.1) is 0 Å². The van der Waals surface area contributed by atoms with E-state index in [1.54, 1.807) is 6.07 Å². The quantitative estimate of drug-likeness (QED) is 0.695. The third-order valence-corrected chi connectivity index (χ3v) is 2.54. The third-order valence-electron chi connectivity index (χ3n) is 1.93. The Morgan fingerprint density at radius 2 is 1.85 bits per heavy atom. The molecule has 0 aliphatic carbocycles. The topological polar surface area (TPSA) is 0 Å². The Morgan fingerprint density at radius 3 is 2.31 bits per heavy atom. The molecule has 0 nitrogen and oxygen atoms in total. The Morgan fingerprint density at radius 1 is 1.23 bits per heavy atom. The van der Waals surface area contributed by atoms with Gasteiger partial charge in [-0.05, 0) is 23.1 Å². The molecule has 0 atom stereocenters. The van der Waals surface area contributed by atoms with Gasteiger partial charge in [0.2, 0.25) is 0 Å². The molecule has 1 rings (SSSR count). The molecule has 0 aromatic heterocycles. The minimum absolute atomic E-state index is 0.0819. The minimum Gasteiger partial charge on any atom is -0.207 e. The SMILES string of the molecule is CC(C)c1cc(CBr)c(F)cc1F. The highest BCUT2D eigenvalue weighted by molar-refractivity contribution is 9.08. The Labute approximate surface area is 85.1 Å². The van der Waals surface area contributed by atoms with E-state index >= 15 is 0 Å². The van der Waals surface area contributed by atoms with Crippen molar-refractivity contribution < 1.29 is 8.78 Å². The Hall–Kier alpha value is -0.440. The van der Waals surface area contributed by atoms with E-state index in [4.69, 9.17) is 0 Å². The van der Waals surface area contributed by atoms with Crippen LogP contribution in [-0.2, 0) is 5.33 Å². The average Bonchev–Trinajstić information content (AvgIpc) is 2.03. The van der Waals surface area contributed by atoms with Crippen molar-refractivity contribution in [3.05, 3.63) is 34.9 Å². The highest BCUT2D eigenvalue weighted by atomic mass is 79.9. The molecule has 0 fully saturated rings. The van der Waals surface area contributed by atoms with Crippen LogP contribution in [-0.4, -0.2) is 0 Å². The van der Waals surface area contributed by atoms with Gasteiger partial charge in [-0.3, -0.25) is 0 Å². The molecule has 0 aliphatic heterocycles. The summed E-state index contributed by atoms with van der Waals surface area (Å²) < 4.78 is 26.2. The van der Waals surface area contributed by atoms with Crippen LogP contribution in [0.5, 0.6) is 0 Å². The average molecular weight is 249 g/mol. The zero-order chi connectivity index (χ0) is 10.0. The maximum absolute atomic E-state index is 13.2. The first-order valence-electron chi connectivity index (χ1n) is 4.10. The van der Waals surface area contributed by atoms with Crippen LogP contribution in [0.1, 0.15) is 30.9 Å². The van der Waals surface area contributed by atoms with Crippen molar-refractivity contribution in [2.45, 2.75) is 25.1 Å². The van der Waals surface area contributed by atoms with Gasteiger partial charge in [-0.2, -0.15) is 0 Å². The Kier molecular flexibility index (Phi) is 3.42. The van der Waals surface area contributed by atoms with Gasteiger partial charge in [0.05, 0.1) is 0 Å². The molecule has 0 saturated carbocycles. The second-order valence-electron chi connectivity index (χ2n) is 3.25. The number of halogens is 3. The zero-order valence-electron chi connectivity index (χ0n) is 7.57. The second-order valence-corrected chi connectivity index (χ2v) is 3.81. The molecule has 1 aromatic rings. The molecule has 0 bridgehead atoms. The van der Waals surface area contributed by atoms with Crippen LogP contribution < -0.4 is 0 Å². The van der Waals surface area contributed by atoms with Crippen LogP contribution in [0, 0.1) is 11.6 Å². The van der Waals surface area contributed by atoms with Crippen LogP contribution in [0.3, 0.4) is 0 Å². The first-order chi connectivity index (χ1) is 6.06. The van der Waals surface area contributed by atoms with Gasteiger partial charge in [-0.1, -0.05) is 29.8 Å². The Bertz CT molecular complexity index is 308. The molecule has 0 spiro atoms. The molecule has 0 radical (unpaired) electrons. The van der Waals surface area contributed by atoms with Crippen LogP contribution in [0.15, 0.2) is 12.1 Å². The highest BCUT2D eigenvalue weighted by Crippen LogP contribution is 2.23. The zero-order valence-corrected chi connectivity index (χ0v) is 9.16. The molecule has 72 valence electrons. The number of rotatable bonds is 2.